The fourth-order valence-corrected chi connectivity index (χ4v) is 1.10. The minimum absolute atomic E-state index is 0.00673. The number of hydrogen-bond donors (Lipinski definition) is 2. The molecule has 7 heteroatoms. The van der Waals surface area contributed by atoms with Gasteiger partial charge in [0.25, 0.3) is 5.56 Å². The summed E-state index contributed by atoms with van der Waals surface area (Å²) in [5.41, 5.74) is 5.07. The second-order valence-corrected chi connectivity index (χ2v) is 2.58. The number of aromatic nitrogens is 4. The Hall–Kier alpha value is -1.56. The van der Waals surface area contributed by atoms with E-state index in [9.17, 15) is 4.79 Å². The third-order valence-corrected chi connectivity index (χ3v) is 1.64. The first kappa shape index (κ1) is 7.11. The van der Waals surface area contributed by atoms with Crippen LogP contribution in [-0.2, 0) is 0 Å². The number of fused-ring (bicyclic) bond motifs is 1. The molecule has 0 spiro atoms. The average molecular weight is 186 g/mol. The number of nitrogens with one attached hydrogen (secondary N) is 1. The summed E-state index contributed by atoms with van der Waals surface area (Å²) in [7, 11) is 0. The van der Waals surface area contributed by atoms with Gasteiger partial charge in [-0.15, -0.1) is 9.73 Å². The molecule has 0 amide bonds. The first-order chi connectivity index (χ1) is 5.68. The van der Waals surface area contributed by atoms with Crippen LogP contribution in [0.2, 0.25) is 5.02 Å². The van der Waals surface area contributed by atoms with Crippen molar-refractivity contribution in [2.75, 3.05) is 5.73 Å². The molecule has 6 nitrogen and oxygen atoms in total. The SMILES string of the molecule is Nc1nn2ncc(Cl)c2c(=O)[nH]1. The van der Waals surface area contributed by atoms with E-state index in [4.69, 9.17) is 17.3 Å². The number of anilines is 1. The summed E-state index contributed by atoms with van der Waals surface area (Å²) in [4.78, 5) is 13.5. The highest BCUT2D eigenvalue weighted by molar-refractivity contribution is 6.33. The maximum atomic E-state index is 11.2. The Balaban J connectivity index is 3.03. The van der Waals surface area contributed by atoms with Crippen molar-refractivity contribution in [2.45, 2.75) is 0 Å². The van der Waals surface area contributed by atoms with E-state index in [0.29, 0.717) is 0 Å². The van der Waals surface area contributed by atoms with E-state index >= 15 is 0 Å². The van der Waals surface area contributed by atoms with Gasteiger partial charge >= 0.3 is 0 Å². The van der Waals surface area contributed by atoms with Gasteiger partial charge in [0, 0.05) is 0 Å². The van der Waals surface area contributed by atoms with Gasteiger partial charge in [0.05, 0.1) is 11.2 Å². The minimum atomic E-state index is -0.398. The first-order valence-electron chi connectivity index (χ1n) is 3.08. The van der Waals surface area contributed by atoms with Crippen LogP contribution in [0.25, 0.3) is 5.52 Å². The van der Waals surface area contributed by atoms with E-state index in [1.165, 1.54) is 6.20 Å². The largest absolute Gasteiger partial charge is 0.368 e. The summed E-state index contributed by atoms with van der Waals surface area (Å²) >= 11 is 5.65. The van der Waals surface area contributed by atoms with Crippen molar-refractivity contribution >= 4 is 23.1 Å². The lowest BCUT2D eigenvalue weighted by molar-refractivity contribution is 0.783. The molecule has 12 heavy (non-hydrogen) atoms. The van der Waals surface area contributed by atoms with Crippen molar-refractivity contribution in [2.24, 2.45) is 0 Å². The van der Waals surface area contributed by atoms with Gasteiger partial charge in [-0.05, 0) is 0 Å². The van der Waals surface area contributed by atoms with E-state index in [0.717, 1.165) is 4.63 Å². The van der Waals surface area contributed by atoms with Crippen LogP contribution in [0.4, 0.5) is 5.95 Å². The maximum Gasteiger partial charge on any atom is 0.280 e. The fraction of sp³-hybridized carbons (Fsp3) is 0. The molecule has 0 fully saturated rings. The van der Waals surface area contributed by atoms with Crippen LogP contribution < -0.4 is 11.3 Å². The van der Waals surface area contributed by atoms with Gasteiger partial charge in [0.1, 0.15) is 0 Å². The van der Waals surface area contributed by atoms with Crippen LogP contribution in [0.3, 0.4) is 0 Å². The lowest BCUT2D eigenvalue weighted by atomic mass is 10.5. The van der Waals surface area contributed by atoms with Crippen LogP contribution in [0.1, 0.15) is 0 Å². The van der Waals surface area contributed by atoms with Crippen LogP contribution in [0, 0.1) is 0 Å². The minimum Gasteiger partial charge on any atom is -0.368 e. The Bertz CT molecular complexity index is 486. The molecule has 2 aromatic rings. The standard InChI is InChI=1S/C5H4ClN5O/c6-2-1-8-11-3(2)4(12)9-5(7)10-11/h1H,(H3,7,9,10,12). The van der Waals surface area contributed by atoms with E-state index in [1.807, 2.05) is 0 Å². The molecule has 0 aliphatic carbocycles. The van der Waals surface area contributed by atoms with Gasteiger partial charge in [-0.2, -0.15) is 5.10 Å². The second-order valence-electron chi connectivity index (χ2n) is 2.17. The fourth-order valence-electron chi connectivity index (χ4n) is 0.897. The molecule has 0 bridgehead atoms. The molecule has 0 atom stereocenters. The Kier molecular flexibility index (Phi) is 1.31. The smallest absolute Gasteiger partial charge is 0.280 e. The van der Waals surface area contributed by atoms with E-state index < -0.39 is 5.56 Å². The molecule has 0 saturated heterocycles. The highest BCUT2D eigenvalue weighted by Gasteiger charge is 2.06. The lowest BCUT2D eigenvalue weighted by Gasteiger charge is -1.92. The quantitative estimate of drug-likeness (QED) is 0.587. The number of aromatic amines is 1. The summed E-state index contributed by atoms with van der Waals surface area (Å²) in [6, 6.07) is 0. The second kappa shape index (κ2) is 2.21. The number of nitrogen functional groups attached to an aromatic ring is 1. The van der Waals surface area contributed by atoms with Gasteiger partial charge in [-0.3, -0.25) is 9.78 Å². The molecule has 0 aliphatic heterocycles. The summed E-state index contributed by atoms with van der Waals surface area (Å²) in [5.74, 6) is 0.00673. The number of halogens is 1. The van der Waals surface area contributed by atoms with Crippen molar-refractivity contribution in [1.29, 1.82) is 0 Å². The summed E-state index contributed by atoms with van der Waals surface area (Å²) < 4.78 is 1.09. The predicted molar refractivity (Wildman–Crippen MR) is 43.0 cm³/mol. The molecule has 3 N–H and O–H groups in total. The van der Waals surface area contributed by atoms with Crippen LogP contribution in [0.15, 0.2) is 11.0 Å². The highest BCUT2D eigenvalue weighted by atomic mass is 35.5. The summed E-state index contributed by atoms with van der Waals surface area (Å²) in [5, 5.41) is 7.67. The number of rotatable bonds is 0. The zero-order valence-electron chi connectivity index (χ0n) is 5.78. The van der Waals surface area contributed by atoms with Gasteiger partial charge in [-0.25, -0.2) is 0 Å². The third kappa shape index (κ3) is 0.850. The molecule has 2 heterocycles. The predicted octanol–water partition coefficient (Wildman–Crippen LogP) is -0.347. The molecule has 2 aromatic heterocycles. The number of H-pyrrole nitrogens is 1. The van der Waals surface area contributed by atoms with Gasteiger partial charge in [0.2, 0.25) is 5.95 Å². The zero-order valence-corrected chi connectivity index (χ0v) is 6.54. The topological polar surface area (TPSA) is 89.1 Å². The van der Waals surface area contributed by atoms with Crippen molar-refractivity contribution in [1.82, 2.24) is 19.8 Å². The molecule has 0 aliphatic rings. The summed E-state index contributed by atoms with van der Waals surface area (Å²) in [6.45, 7) is 0. The molecular formula is C5H4ClN5O. The molecular weight excluding hydrogens is 182 g/mol. The normalized spacial score (nSPS) is 10.8. The van der Waals surface area contributed by atoms with Crippen LogP contribution in [-0.4, -0.2) is 19.8 Å². The van der Waals surface area contributed by atoms with Crippen LogP contribution >= 0.6 is 11.6 Å². The van der Waals surface area contributed by atoms with Gasteiger partial charge in [-0.1, -0.05) is 11.6 Å². The van der Waals surface area contributed by atoms with E-state index in [1.54, 1.807) is 0 Å². The molecule has 0 aromatic carbocycles. The number of nitrogens with zero attached hydrogens (tertiary/aromatic N) is 3. The van der Waals surface area contributed by atoms with Gasteiger partial charge < -0.3 is 5.73 Å². The van der Waals surface area contributed by atoms with Crippen molar-refractivity contribution in [3.8, 4) is 0 Å². The maximum absolute atomic E-state index is 11.2. The Labute approximate surface area is 71.0 Å². The molecule has 0 radical (unpaired) electrons. The average Bonchev–Trinajstić information content (AvgIpc) is 2.31. The van der Waals surface area contributed by atoms with Crippen LogP contribution in [0.5, 0.6) is 0 Å². The number of nitrogens with two attached hydrogens (primary N) is 1. The zero-order chi connectivity index (χ0) is 8.72. The Morgan fingerprint density at radius 1 is 1.67 bits per heavy atom. The number of hydrogen-bond acceptors (Lipinski definition) is 4. The van der Waals surface area contributed by atoms with Crippen molar-refractivity contribution < 1.29 is 0 Å². The summed E-state index contributed by atoms with van der Waals surface area (Å²) in [6.07, 6.45) is 1.33. The molecule has 2 rings (SSSR count). The molecule has 0 saturated carbocycles. The highest BCUT2D eigenvalue weighted by Crippen LogP contribution is 2.10. The monoisotopic (exact) mass is 185 g/mol. The first-order valence-corrected chi connectivity index (χ1v) is 3.45. The molecule has 62 valence electrons. The Morgan fingerprint density at radius 3 is 3.17 bits per heavy atom. The van der Waals surface area contributed by atoms with E-state index in [2.05, 4.69) is 15.2 Å². The third-order valence-electron chi connectivity index (χ3n) is 1.37. The lowest BCUT2D eigenvalue weighted by Crippen LogP contribution is -2.15. The van der Waals surface area contributed by atoms with Crippen molar-refractivity contribution in [3.63, 3.8) is 0 Å². The molecule has 0 unspecified atom stereocenters. The van der Waals surface area contributed by atoms with Crippen molar-refractivity contribution in [3.05, 3.63) is 21.6 Å². The van der Waals surface area contributed by atoms with E-state index in [-0.39, 0.29) is 16.5 Å². The van der Waals surface area contributed by atoms with Gasteiger partial charge in [0.15, 0.2) is 5.52 Å². The Morgan fingerprint density at radius 2 is 2.42 bits per heavy atom.